The van der Waals surface area contributed by atoms with E-state index in [0.29, 0.717) is 11.7 Å². The number of hydrogen-bond acceptors (Lipinski definition) is 3. The molecule has 13 heavy (non-hydrogen) atoms. The van der Waals surface area contributed by atoms with Gasteiger partial charge in [-0.05, 0) is 11.4 Å². The number of nitrogens with two attached hydrogens (primary N) is 1. The molecule has 3 nitrogen and oxygen atoms in total. The second kappa shape index (κ2) is 3.49. The van der Waals surface area contributed by atoms with E-state index in [2.05, 4.69) is 9.97 Å². The first kappa shape index (κ1) is 8.74. The van der Waals surface area contributed by atoms with Crippen molar-refractivity contribution < 1.29 is 0 Å². The summed E-state index contributed by atoms with van der Waals surface area (Å²) >= 11 is 7.46. The van der Waals surface area contributed by atoms with Crippen molar-refractivity contribution in [3.8, 4) is 10.7 Å². The highest BCUT2D eigenvalue weighted by atomic mass is 35.5. The SMILES string of the molecule is NCc1[nH]c(-c2cccs2)nc1Cl. The Balaban J connectivity index is 2.43. The number of aromatic nitrogens is 2. The molecule has 0 atom stereocenters. The summed E-state index contributed by atoms with van der Waals surface area (Å²) in [6.07, 6.45) is 0. The molecule has 2 rings (SSSR count). The maximum atomic E-state index is 5.84. The number of imidazole rings is 1. The molecule has 0 aromatic carbocycles. The maximum absolute atomic E-state index is 5.84. The van der Waals surface area contributed by atoms with Crippen LogP contribution in [0.4, 0.5) is 0 Å². The summed E-state index contributed by atoms with van der Waals surface area (Å²) in [5, 5.41) is 2.46. The van der Waals surface area contributed by atoms with Gasteiger partial charge in [0.05, 0.1) is 10.6 Å². The molecule has 0 saturated heterocycles. The Bertz CT molecular complexity index is 393. The van der Waals surface area contributed by atoms with Gasteiger partial charge in [0.2, 0.25) is 0 Å². The lowest BCUT2D eigenvalue weighted by Gasteiger charge is -1.88. The van der Waals surface area contributed by atoms with Gasteiger partial charge in [-0.1, -0.05) is 17.7 Å². The number of nitrogens with one attached hydrogen (secondary N) is 1. The van der Waals surface area contributed by atoms with Crippen LogP contribution in [0.1, 0.15) is 5.69 Å². The molecule has 0 spiro atoms. The fourth-order valence-electron chi connectivity index (χ4n) is 1.05. The summed E-state index contributed by atoms with van der Waals surface area (Å²) in [5.41, 5.74) is 6.25. The Kier molecular flexibility index (Phi) is 2.35. The Morgan fingerprint density at radius 2 is 2.46 bits per heavy atom. The lowest BCUT2D eigenvalue weighted by atomic mass is 10.4. The highest BCUT2D eigenvalue weighted by molar-refractivity contribution is 7.13. The molecule has 0 saturated carbocycles. The van der Waals surface area contributed by atoms with Crippen LogP contribution in [0.2, 0.25) is 5.15 Å². The van der Waals surface area contributed by atoms with Crippen LogP contribution in [0.3, 0.4) is 0 Å². The smallest absolute Gasteiger partial charge is 0.152 e. The molecule has 0 aliphatic heterocycles. The van der Waals surface area contributed by atoms with Crippen molar-refractivity contribution in [1.29, 1.82) is 0 Å². The number of halogens is 1. The minimum Gasteiger partial charge on any atom is -0.339 e. The average Bonchev–Trinajstić information content (AvgIpc) is 2.71. The van der Waals surface area contributed by atoms with E-state index in [1.54, 1.807) is 11.3 Å². The van der Waals surface area contributed by atoms with Gasteiger partial charge in [-0.2, -0.15) is 0 Å². The third-order valence-corrected chi connectivity index (χ3v) is 2.88. The van der Waals surface area contributed by atoms with Crippen molar-refractivity contribution in [3.63, 3.8) is 0 Å². The lowest BCUT2D eigenvalue weighted by molar-refractivity contribution is 1.01. The van der Waals surface area contributed by atoms with Gasteiger partial charge in [-0.3, -0.25) is 0 Å². The third kappa shape index (κ3) is 1.60. The van der Waals surface area contributed by atoms with Gasteiger partial charge in [0.25, 0.3) is 0 Å². The Labute approximate surface area is 84.6 Å². The summed E-state index contributed by atoms with van der Waals surface area (Å²) < 4.78 is 0. The highest BCUT2D eigenvalue weighted by Crippen LogP contribution is 2.24. The zero-order valence-electron chi connectivity index (χ0n) is 6.75. The van der Waals surface area contributed by atoms with Crippen LogP contribution in [-0.4, -0.2) is 9.97 Å². The molecule has 0 bridgehead atoms. The molecule has 0 amide bonds. The third-order valence-electron chi connectivity index (χ3n) is 1.69. The van der Waals surface area contributed by atoms with Gasteiger partial charge in [-0.25, -0.2) is 4.98 Å². The normalized spacial score (nSPS) is 10.6. The Morgan fingerprint density at radius 3 is 3.00 bits per heavy atom. The predicted octanol–water partition coefficient (Wildman–Crippen LogP) is 2.25. The topological polar surface area (TPSA) is 54.7 Å². The second-order valence-electron chi connectivity index (χ2n) is 2.54. The van der Waals surface area contributed by atoms with Gasteiger partial charge in [-0.15, -0.1) is 11.3 Å². The zero-order chi connectivity index (χ0) is 9.26. The quantitative estimate of drug-likeness (QED) is 0.804. The first-order valence-electron chi connectivity index (χ1n) is 3.79. The van der Waals surface area contributed by atoms with E-state index in [9.17, 15) is 0 Å². The first-order valence-corrected chi connectivity index (χ1v) is 5.05. The highest BCUT2D eigenvalue weighted by Gasteiger charge is 2.08. The molecule has 0 radical (unpaired) electrons. The van der Waals surface area contributed by atoms with Crippen molar-refractivity contribution in [3.05, 3.63) is 28.4 Å². The number of thiophene rings is 1. The van der Waals surface area contributed by atoms with Crippen LogP contribution in [0.15, 0.2) is 17.5 Å². The van der Waals surface area contributed by atoms with E-state index in [0.717, 1.165) is 16.4 Å². The van der Waals surface area contributed by atoms with Crippen LogP contribution in [0.5, 0.6) is 0 Å². The fourth-order valence-corrected chi connectivity index (χ4v) is 1.93. The number of nitrogens with zero attached hydrogens (tertiary/aromatic N) is 1. The molecule has 2 heterocycles. The molecule has 2 aromatic rings. The molecule has 0 aliphatic carbocycles. The van der Waals surface area contributed by atoms with Crippen LogP contribution in [-0.2, 0) is 6.54 Å². The van der Waals surface area contributed by atoms with Crippen molar-refractivity contribution >= 4 is 22.9 Å². The van der Waals surface area contributed by atoms with Crippen LogP contribution >= 0.6 is 22.9 Å². The van der Waals surface area contributed by atoms with Crippen LogP contribution < -0.4 is 5.73 Å². The number of rotatable bonds is 2. The molecule has 68 valence electrons. The summed E-state index contributed by atoms with van der Waals surface area (Å²) in [4.78, 5) is 8.31. The fraction of sp³-hybridized carbons (Fsp3) is 0.125. The van der Waals surface area contributed by atoms with E-state index in [-0.39, 0.29) is 0 Å². The number of H-pyrrole nitrogens is 1. The first-order chi connectivity index (χ1) is 6.31. The largest absolute Gasteiger partial charge is 0.339 e. The molecule has 5 heteroatoms. The molecular formula is C8H8ClN3S. The van der Waals surface area contributed by atoms with Gasteiger partial charge < -0.3 is 10.7 Å². The lowest BCUT2D eigenvalue weighted by Crippen LogP contribution is -1.96. The van der Waals surface area contributed by atoms with Gasteiger partial charge in [0, 0.05) is 6.54 Å². The monoisotopic (exact) mass is 213 g/mol. The standard InChI is InChI=1S/C8H8ClN3S/c9-7-5(4-10)11-8(12-7)6-2-1-3-13-6/h1-3H,4,10H2,(H,11,12). The van der Waals surface area contributed by atoms with Gasteiger partial charge >= 0.3 is 0 Å². The summed E-state index contributed by atoms with van der Waals surface area (Å²) in [5.74, 6) is 0.792. The van der Waals surface area contributed by atoms with Gasteiger partial charge in [0.15, 0.2) is 5.15 Å². The van der Waals surface area contributed by atoms with Crippen molar-refractivity contribution in [2.45, 2.75) is 6.54 Å². The second-order valence-corrected chi connectivity index (χ2v) is 3.84. The minimum absolute atomic E-state index is 0.386. The van der Waals surface area contributed by atoms with Crippen molar-refractivity contribution in [2.75, 3.05) is 0 Å². The Morgan fingerprint density at radius 1 is 1.62 bits per heavy atom. The molecule has 3 N–H and O–H groups in total. The molecule has 2 aromatic heterocycles. The van der Waals surface area contributed by atoms with Crippen LogP contribution in [0.25, 0.3) is 10.7 Å². The van der Waals surface area contributed by atoms with Crippen molar-refractivity contribution in [2.24, 2.45) is 5.73 Å². The van der Waals surface area contributed by atoms with E-state index in [1.807, 2.05) is 17.5 Å². The predicted molar refractivity (Wildman–Crippen MR) is 54.8 cm³/mol. The van der Waals surface area contributed by atoms with Crippen molar-refractivity contribution in [1.82, 2.24) is 9.97 Å². The van der Waals surface area contributed by atoms with E-state index in [1.165, 1.54) is 0 Å². The van der Waals surface area contributed by atoms with Crippen LogP contribution in [0, 0.1) is 0 Å². The van der Waals surface area contributed by atoms with E-state index < -0.39 is 0 Å². The molecule has 0 unspecified atom stereocenters. The summed E-state index contributed by atoms with van der Waals surface area (Å²) in [6, 6.07) is 3.96. The van der Waals surface area contributed by atoms with Gasteiger partial charge in [0.1, 0.15) is 5.82 Å². The molecular weight excluding hydrogens is 206 g/mol. The average molecular weight is 214 g/mol. The van der Waals surface area contributed by atoms with E-state index >= 15 is 0 Å². The summed E-state index contributed by atoms with van der Waals surface area (Å²) in [6.45, 7) is 0.386. The Hall–Kier alpha value is -0.840. The zero-order valence-corrected chi connectivity index (χ0v) is 8.32. The minimum atomic E-state index is 0.386. The summed E-state index contributed by atoms with van der Waals surface area (Å²) in [7, 11) is 0. The molecule has 0 aliphatic rings. The van der Waals surface area contributed by atoms with E-state index in [4.69, 9.17) is 17.3 Å². The molecule has 0 fully saturated rings. The number of hydrogen-bond donors (Lipinski definition) is 2. The maximum Gasteiger partial charge on any atom is 0.152 e. The number of aromatic amines is 1.